The molecule has 2 rings (SSSR count). The first-order chi connectivity index (χ1) is 11.5. The highest BCUT2D eigenvalue weighted by Crippen LogP contribution is 2.25. The van der Waals surface area contributed by atoms with Crippen molar-refractivity contribution in [3.8, 4) is 0 Å². The highest BCUT2D eigenvalue weighted by Gasteiger charge is 2.09. The van der Waals surface area contributed by atoms with Crippen LogP contribution in [-0.2, 0) is 14.3 Å². The Morgan fingerprint density at radius 3 is 2.88 bits per heavy atom. The quantitative estimate of drug-likeness (QED) is 0.342. The molecule has 0 bridgehead atoms. The van der Waals surface area contributed by atoms with Crippen LogP contribution in [0.15, 0.2) is 28.6 Å². The molecule has 0 unspecified atom stereocenters. The van der Waals surface area contributed by atoms with Gasteiger partial charge in [-0.15, -0.1) is 10.2 Å². The van der Waals surface area contributed by atoms with Gasteiger partial charge in [-0.2, -0.15) is 0 Å². The minimum Gasteiger partial charge on any atom is -0.468 e. The van der Waals surface area contributed by atoms with E-state index in [4.69, 9.17) is 23.2 Å². The standard InChI is InChI=1S/C14H11Cl2N3O3S2/c1-22-12(21)7-23-14-19-18-13(24-14)17-11(20)5-3-8-2-4-9(15)6-10(8)16/h2-6H,7H2,1H3,(H,17,18,20)/b5-3+. The van der Waals surface area contributed by atoms with Gasteiger partial charge in [-0.3, -0.25) is 14.9 Å². The number of hydrogen-bond acceptors (Lipinski definition) is 7. The Bertz CT molecular complexity index is 780. The highest BCUT2D eigenvalue weighted by atomic mass is 35.5. The summed E-state index contributed by atoms with van der Waals surface area (Å²) in [5.74, 6) is -0.598. The normalized spacial score (nSPS) is 10.8. The Morgan fingerprint density at radius 2 is 2.17 bits per heavy atom. The zero-order valence-corrected chi connectivity index (χ0v) is 15.4. The molecule has 0 atom stereocenters. The molecule has 0 fully saturated rings. The number of hydrogen-bond donors (Lipinski definition) is 1. The Kier molecular flexibility index (Phi) is 7.04. The molecule has 10 heteroatoms. The van der Waals surface area contributed by atoms with Crippen LogP contribution < -0.4 is 5.32 Å². The number of thioether (sulfide) groups is 1. The zero-order chi connectivity index (χ0) is 17.5. The molecule has 1 N–H and O–H groups in total. The summed E-state index contributed by atoms with van der Waals surface area (Å²) >= 11 is 14.2. The van der Waals surface area contributed by atoms with Crippen molar-refractivity contribution in [3.63, 3.8) is 0 Å². The summed E-state index contributed by atoms with van der Waals surface area (Å²) in [6.07, 6.45) is 2.90. The van der Waals surface area contributed by atoms with E-state index in [9.17, 15) is 9.59 Å². The zero-order valence-electron chi connectivity index (χ0n) is 12.3. The van der Waals surface area contributed by atoms with Crippen LogP contribution in [0.25, 0.3) is 6.08 Å². The van der Waals surface area contributed by atoms with Crippen LogP contribution in [0.2, 0.25) is 10.0 Å². The first kappa shape index (κ1) is 18.7. The van der Waals surface area contributed by atoms with E-state index in [1.54, 1.807) is 24.3 Å². The molecular formula is C14H11Cl2N3O3S2. The van der Waals surface area contributed by atoms with Gasteiger partial charge < -0.3 is 4.74 Å². The molecule has 0 aliphatic heterocycles. The third-order valence-electron chi connectivity index (χ3n) is 2.55. The largest absolute Gasteiger partial charge is 0.468 e. The van der Waals surface area contributed by atoms with E-state index in [-0.39, 0.29) is 17.6 Å². The van der Waals surface area contributed by atoms with Crippen molar-refractivity contribution in [2.24, 2.45) is 0 Å². The molecular weight excluding hydrogens is 393 g/mol. The lowest BCUT2D eigenvalue weighted by molar-refractivity contribution is -0.137. The molecule has 1 amide bonds. The number of amides is 1. The molecule has 1 aromatic carbocycles. The van der Waals surface area contributed by atoms with Crippen LogP contribution in [0.5, 0.6) is 0 Å². The van der Waals surface area contributed by atoms with Gasteiger partial charge in [0.1, 0.15) is 0 Å². The van der Waals surface area contributed by atoms with E-state index in [1.807, 2.05) is 0 Å². The van der Waals surface area contributed by atoms with Crippen LogP contribution >= 0.6 is 46.3 Å². The van der Waals surface area contributed by atoms with Crippen molar-refractivity contribution in [2.45, 2.75) is 4.34 Å². The van der Waals surface area contributed by atoms with Gasteiger partial charge in [-0.25, -0.2) is 0 Å². The van der Waals surface area contributed by atoms with Gasteiger partial charge in [0.25, 0.3) is 0 Å². The number of ether oxygens (including phenoxy) is 1. The van der Waals surface area contributed by atoms with E-state index in [2.05, 4.69) is 20.3 Å². The summed E-state index contributed by atoms with van der Waals surface area (Å²) in [5.41, 5.74) is 0.669. The van der Waals surface area contributed by atoms with Gasteiger partial charge in [0.15, 0.2) is 4.34 Å². The number of esters is 1. The van der Waals surface area contributed by atoms with Crippen molar-refractivity contribution in [1.82, 2.24) is 10.2 Å². The maximum absolute atomic E-state index is 11.9. The molecule has 24 heavy (non-hydrogen) atoms. The van der Waals surface area contributed by atoms with Gasteiger partial charge in [0.05, 0.1) is 12.9 Å². The Hall–Kier alpha value is -1.61. The summed E-state index contributed by atoms with van der Waals surface area (Å²) in [4.78, 5) is 22.9. The Labute approximate surface area is 156 Å². The summed E-state index contributed by atoms with van der Waals surface area (Å²) in [6.45, 7) is 0. The maximum Gasteiger partial charge on any atom is 0.316 e. The number of anilines is 1. The first-order valence-corrected chi connectivity index (χ1v) is 9.01. The van der Waals surface area contributed by atoms with E-state index in [0.29, 0.717) is 25.1 Å². The lowest BCUT2D eigenvalue weighted by Crippen LogP contribution is -2.07. The van der Waals surface area contributed by atoms with Gasteiger partial charge >= 0.3 is 5.97 Å². The number of aromatic nitrogens is 2. The number of halogens is 2. The average molecular weight is 404 g/mol. The van der Waals surface area contributed by atoms with Crippen molar-refractivity contribution in [1.29, 1.82) is 0 Å². The summed E-state index contributed by atoms with van der Waals surface area (Å²) in [7, 11) is 1.31. The molecule has 0 aliphatic carbocycles. The van der Waals surface area contributed by atoms with Crippen molar-refractivity contribution >= 4 is 69.4 Å². The van der Waals surface area contributed by atoms with E-state index >= 15 is 0 Å². The molecule has 0 saturated carbocycles. The molecule has 2 aromatic rings. The first-order valence-electron chi connectivity index (χ1n) is 6.45. The van der Waals surface area contributed by atoms with E-state index in [1.165, 1.54) is 24.9 Å². The predicted molar refractivity (Wildman–Crippen MR) is 96.8 cm³/mol. The predicted octanol–water partition coefficient (Wildman–Crippen LogP) is 3.76. The fourth-order valence-corrected chi connectivity index (χ4v) is 3.51. The van der Waals surface area contributed by atoms with Gasteiger partial charge in [-0.05, 0) is 23.8 Å². The fraction of sp³-hybridized carbons (Fsp3) is 0.143. The molecule has 1 heterocycles. The lowest BCUT2D eigenvalue weighted by atomic mass is 10.2. The third-order valence-corrected chi connectivity index (χ3v) is 5.06. The smallest absolute Gasteiger partial charge is 0.316 e. The number of rotatable bonds is 6. The minimum absolute atomic E-state index is 0.133. The molecule has 126 valence electrons. The van der Waals surface area contributed by atoms with Crippen LogP contribution in [0.3, 0.4) is 0 Å². The minimum atomic E-state index is -0.373. The number of nitrogens with one attached hydrogen (secondary N) is 1. The molecule has 0 radical (unpaired) electrons. The van der Waals surface area contributed by atoms with E-state index < -0.39 is 0 Å². The van der Waals surface area contributed by atoms with Crippen LogP contribution in [0, 0.1) is 0 Å². The van der Waals surface area contributed by atoms with Crippen molar-refractivity contribution < 1.29 is 14.3 Å². The number of nitrogens with zero attached hydrogens (tertiary/aromatic N) is 2. The van der Waals surface area contributed by atoms with Crippen LogP contribution in [-0.4, -0.2) is 34.9 Å². The second kappa shape index (κ2) is 9.03. The maximum atomic E-state index is 11.9. The van der Waals surface area contributed by atoms with Crippen molar-refractivity contribution in [3.05, 3.63) is 39.9 Å². The average Bonchev–Trinajstić information content (AvgIpc) is 2.99. The van der Waals surface area contributed by atoms with Crippen molar-refractivity contribution in [2.75, 3.05) is 18.2 Å². The molecule has 6 nitrogen and oxygen atoms in total. The van der Waals surface area contributed by atoms with Gasteiger partial charge in [0.2, 0.25) is 11.0 Å². The Balaban J connectivity index is 1.91. The number of carbonyl (C=O) groups excluding carboxylic acids is 2. The fourth-order valence-electron chi connectivity index (χ4n) is 1.45. The number of methoxy groups -OCH3 is 1. The van der Waals surface area contributed by atoms with E-state index in [0.717, 1.165) is 11.3 Å². The third kappa shape index (κ3) is 5.79. The van der Waals surface area contributed by atoms with Crippen LogP contribution in [0.4, 0.5) is 5.13 Å². The highest BCUT2D eigenvalue weighted by molar-refractivity contribution is 8.01. The molecule has 0 aliphatic rings. The Morgan fingerprint density at radius 1 is 1.38 bits per heavy atom. The topological polar surface area (TPSA) is 81.2 Å². The lowest BCUT2D eigenvalue weighted by Gasteiger charge is -1.99. The monoisotopic (exact) mass is 403 g/mol. The molecule has 1 aromatic heterocycles. The second-order valence-corrected chi connectivity index (χ2v) is 7.27. The van der Waals surface area contributed by atoms with Crippen LogP contribution in [0.1, 0.15) is 5.56 Å². The number of carbonyl (C=O) groups is 2. The summed E-state index contributed by atoms with van der Waals surface area (Å²) in [6, 6.07) is 4.98. The molecule has 0 saturated heterocycles. The van der Waals surface area contributed by atoms with Gasteiger partial charge in [-0.1, -0.05) is 52.4 Å². The number of benzene rings is 1. The summed E-state index contributed by atoms with van der Waals surface area (Å²) < 4.78 is 5.09. The molecule has 0 spiro atoms. The summed E-state index contributed by atoms with van der Waals surface area (Å²) in [5, 5.41) is 11.6. The SMILES string of the molecule is COC(=O)CSc1nnc(NC(=O)/C=C/c2ccc(Cl)cc2Cl)s1. The second-order valence-electron chi connectivity index (χ2n) is 4.23. The van der Waals surface area contributed by atoms with Gasteiger partial charge in [0, 0.05) is 16.1 Å².